The fourth-order valence-electron chi connectivity index (χ4n) is 0.250. The highest BCUT2D eigenvalue weighted by atomic mass is 31.1. The molecule has 0 amide bonds. The summed E-state index contributed by atoms with van der Waals surface area (Å²) in [6.45, 7) is 2.07. The van der Waals surface area contributed by atoms with Crippen molar-refractivity contribution in [1.82, 2.24) is 5.09 Å². The van der Waals surface area contributed by atoms with Gasteiger partial charge >= 0.3 is 0 Å². The minimum atomic E-state index is 1.00. The molecule has 3 heteroatoms. The van der Waals surface area contributed by atoms with Gasteiger partial charge in [0.25, 0.3) is 0 Å². The predicted molar refractivity (Wildman–Crippen MR) is 22.2 cm³/mol. The van der Waals surface area contributed by atoms with Gasteiger partial charge in [-0.3, -0.25) is 9.83 Å². The number of nitrogens with zero attached hydrogens (tertiary/aromatic N) is 1. The zero-order valence-electron chi connectivity index (χ0n) is 2.81. The van der Waals surface area contributed by atoms with Gasteiger partial charge in [0.2, 0.25) is 0 Å². The first-order chi connectivity index (χ1) is 2.50. The Balaban J connectivity index is 2.32. The Hall–Kier alpha value is 0.0600. The third kappa shape index (κ3) is 0.673. The van der Waals surface area contributed by atoms with E-state index in [1.54, 1.807) is 0 Å². The van der Waals surface area contributed by atoms with E-state index < -0.39 is 0 Å². The number of rotatable bonds is 0. The molecule has 0 bridgehead atoms. The fourth-order valence-corrected chi connectivity index (χ4v) is 0.750. The van der Waals surface area contributed by atoms with Gasteiger partial charge in [-0.25, -0.2) is 0 Å². The lowest BCUT2D eigenvalue weighted by Crippen LogP contribution is -1.96. The summed E-state index contributed by atoms with van der Waals surface area (Å²) in [5.41, 5.74) is 0. The van der Waals surface area contributed by atoms with Crippen molar-refractivity contribution in [1.29, 1.82) is 0 Å². The summed E-state index contributed by atoms with van der Waals surface area (Å²) in [5, 5.41) is 3.03. The number of hydrogen-bond acceptors (Lipinski definition) is 2. The molecule has 0 unspecified atom stereocenters. The molecule has 1 aliphatic rings. The van der Waals surface area contributed by atoms with Crippen molar-refractivity contribution in [3.05, 3.63) is 0 Å². The van der Waals surface area contributed by atoms with E-state index in [1.165, 1.54) is 0 Å². The van der Waals surface area contributed by atoms with E-state index in [0.29, 0.717) is 0 Å². The second-order valence-corrected chi connectivity index (χ2v) is 1.67. The molecule has 0 radical (unpaired) electrons. The second kappa shape index (κ2) is 1.48. The van der Waals surface area contributed by atoms with E-state index in [2.05, 4.69) is 9.83 Å². The Morgan fingerprint density at radius 3 is 3.00 bits per heavy atom. The molecule has 28 valence electrons. The zero-order chi connectivity index (χ0) is 3.54. The van der Waals surface area contributed by atoms with Gasteiger partial charge in [-0.05, 0) is 0 Å². The Morgan fingerprint density at radius 2 is 2.80 bits per heavy atom. The van der Waals surface area contributed by atoms with Crippen molar-refractivity contribution in [3.63, 3.8) is 0 Å². The van der Waals surface area contributed by atoms with Crippen LogP contribution < -0.4 is 5.09 Å². The fraction of sp³-hybridized carbons (Fsp3) is 1.00. The molecule has 5 heavy (non-hydrogen) atoms. The van der Waals surface area contributed by atoms with Gasteiger partial charge in [0, 0.05) is 6.54 Å². The van der Waals surface area contributed by atoms with E-state index >= 15 is 0 Å². The Morgan fingerprint density at radius 1 is 1.80 bits per heavy atom. The van der Waals surface area contributed by atoms with E-state index in [4.69, 9.17) is 0 Å². The molecule has 0 aromatic heterocycles. The first-order valence-electron chi connectivity index (χ1n) is 1.59. The van der Waals surface area contributed by atoms with Crippen molar-refractivity contribution in [3.8, 4) is 0 Å². The average molecular weight is 88.0 g/mol. The van der Waals surface area contributed by atoms with Crippen molar-refractivity contribution < 1.29 is 0 Å². The molecular weight excluding hydrogens is 83.0 g/mol. The molecule has 1 aliphatic heterocycles. The van der Waals surface area contributed by atoms with Gasteiger partial charge in [0.05, 0.1) is 15.1 Å². The standard InChI is InChI=1S/C2H5N2P/c1-2-4-5-3-1/h1-2H2,(H,3,4). The van der Waals surface area contributed by atoms with Crippen LogP contribution in [0.25, 0.3) is 0 Å². The maximum atomic E-state index is 3.94. The third-order valence-electron chi connectivity index (χ3n) is 0.465. The van der Waals surface area contributed by atoms with Crippen LogP contribution >= 0.6 is 8.52 Å². The Labute approximate surface area is 32.5 Å². The summed E-state index contributed by atoms with van der Waals surface area (Å²) in [4.78, 5) is 0. The molecule has 1 N–H and O–H groups in total. The molecule has 1 heterocycles. The molecule has 0 aromatic rings. The minimum absolute atomic E-state index is 1.00. The van der Waals surface area contributed by atoms with Crippen molar-refractivity contribution in [2.75, 3.05) is 13.1 Å². The monoisotopic (exact) mass is 88.0 g/mol. The maximum absolute atomic E-state index is 3.94. The van der Waals surface area contributed by atoms with Gasteiger partial charge < -0.3 is 0 Å². The zero-order valence-corrected chi connectivity index (χ0v) is 3.70. The smallest absolute Gasteiger partial charge is 0.0904 e. The van der Waals surface area contributed by atoms with E-state index in [9.17, 15) is 0 Å². The summed E-state index contributed by atoms with van der Waals surface area (Å²) in [7, 11) is 1.07. The predicted octanol–water partition coefficient (Wildman–Crippen LogP) is 0.634. The van der Waals surface area contributed by atoms with Crippen LogP contribution in [-0.4, -0.2) is 13.1 Å². The summed E-state index contributed by atoms with van der Waals surface area (Å²) in [6, 6.07) is 0. The molecule has 0 saturated heterocycles. The maximum Gasteiger partial charge on any atom is 0.0904 e. The van der Waals surface area contributed by atoms with Crippen LogP contribution in [0.3, 0.4) is 0 Å². The number of hydrogen-bond donors (Lipinski definition) is 1. The van der Waals surface area contributed by atoms with Gasteiger partial charge in [0.15, 0.2) is 0 Å². The van der Waals surface area contributed by atoms with Crippen LogP contribution in [0.2, 0.25) is 0 Å². The molecule has 0 saturated carbocycles. The SMILES string of the molecule is C1CNP=N1. The molecule has 0 aliphatic carbocycles. The van der Waals surface area contributed by atoms with Crippen LogP contribution in [0.4, 0.5) is 0 Å². The van der Waals surface area contributed by atoms with E-state index in [1.807, 2.05) is 0 Å². The van der Waals surface area contributed by atoms with Crippen LogP contribution in [0.15, 0.2) is 4.74 Å². The van der Waals surface area contributed by atoms with Gasteiger partial charge in [0.1, 0.15) is 0 Å². The molecule has 0 atom stereocenters. The molecule has 1 rings (SSSR count). The molecule has 0 aromatic carbocycles. The molecule has 0 spiro atoms. The van der Waals surface area contributed by atoms with E-state index in [-0.39, 0.29) is 0 Å². The largest absolute Gasteiger partial charge is 0.254 e. The normalized spacial score (nSPS) is 24.0. The first-order valence-corrected chi connectivity index (χ1v) is 2.44. The highest BCUT2D eigenvalue weighted by Gasteiger charge is 1.84. The summed E-state index contributed by atoms with van der Waals surface area (Å²) in [5.74, 6) is 0. The van der Waals surface area contributed by atoms with E-state index in [0.717, 1.165) is 21.6 Å². The summed E-state index contributed by atoms with van der Waals surface area (Å²) in [6.07, 6.45) is 0. The minimum Gasteiger partial charge on any atom is -0.254 e. The lowest BCUT2D eigenvalue weighted by Gasteiger charge is -1.70. The highest BCUT2D eigenvalue weighted by Crippen LogP contribution is 1.96. The van der Waals surface area contributed by atoms with Crippen molar-refractivity contribution in [2.45, 2.75) is 0 Å². The van der Waals surface area contributed by atoms with Crippen LogP contribution in [0.1, 0.15) is 0 Å². The molecule has 2 nitrogen and oxygen atoms in total. The second-order valence-electron chi connectivity index (χ2n) is 0.873. The molecule has 0 fully saturated rings. The summed E-state index contributed by atoms with van der Waals surface area (Å²) < 4.78 is 3.94. The van der Waals surface area contributed by atoms with Crippen LogP contribution in [0.5, 0.6) is 0 Å². The average Bonchev–Trinajstić information content (AvgIpc) is 1.76. The van der Waals surface area contributed by atoms with Gasteiger partial charge in [-0.15, -0.1) is 0 Å². The third-order valence-corrected chi connectivity index (χ3v) is 1.17. The Kier molecular flexibility index (Phi) is 0.967. The Bertz CT molecular complexity index is 45.6. The van der Waals surface area contributed by atoms with Crippen molar-refractivity contribution in [2.24, 2.45) is 4.74 Å². The van der Waals surface area contributed by atoms with Gasteiger partial charge in [-0.2, -0.15) is 0 Å². The van der Waals surface area contributed by atoms with Crippen LogP contribution in [0, 0.1) is 0 Å². The lowest BCUT2D eigenvalue weighted by atomic mass is 10.7. The molecular formula is C2H5N2P. The van der Waals surface area contributed by atoms with Crippen LogP contribution in [-0.2, 0) is 0 Å². The topological polar surface area (TPSA) is 24.4 Å². The first kappa shape index (κ1) is 3.26. The number of nitrogens with one attached hydrogen (secondary N) is 1. The highest BCUT2D eigenvalue weighted by molar-refractivity contribution is 7.24. The van der Waals surface area contributed by atoms with Crippen molar-refractivity contribution >= 4 is 8.52 Å². The quantitative estimate of drug-likeness (QED) is 0.431. The van der Waals surface area contributed by atoms with Gasteiger partial charge in [-0.1, -0.05) is 0 Å². The summed E-state index contributed by atoms with van der Waals surface area (Å²) >= 11 is 0. The lowest BCUT2D eigenvalue weighted by molar-refractivity contribution is 0.973.